The Kier molecular flexibility index (Phi) is 10.6. The number of hydrogen-bond donors (Lipinski definition) is 0. The van der Waals surface area contributed by atoms with Gasteiger partial charge in [-0.2, -0.15) is 22.7 Å². The van der Waals surface area contributed by atoms with Gasteiger partial charge in [0.15, 0.2) is 0 Å². The molecule has 0 aliphatic rings. The van der Waals surface area contributed by atoms with Crippen molar-refractivity contribution < 1.29 is 20.1 Å². The molecule has 0 bridgehead atoms. The fourth-order valence-corrected chi connectivity index (χ4v) is 10.7. The van der Waals surface area contributed by atoms with E-state index in [0.717, 1.165) is 22.5 Å². The van der Waals surface area contributed by atoms with Gasteiger partial charge in [0, 0.05) is 35.7 Å². The van der Waals surface area contributed by atoms with Crippen molar-refractivity contribution in [2.45, 2.75) is 56.8 Å². The van der Waals surface area contributed by atoms with Crippen molar-refractivity contribution >= 4 is 80.7 Å². The minimum atomic E-state index is -1.72. The third kappa shape index (κ3) is 7.20. The van der Waals surface area contributed by atoms with E-state index in [4.69, 9.17) is 4.98 Å². The maximum absolute atomic E-state index is 4.80. The zero-order chi connectivity index (χ0) is 33.6. The van der Waals surface area contributed by atoms with Crippen molar-refractivity contribution in [1.82, 2.24) is 9.97 Å². The summed E-state index contributed by atoms with van der Waals surface area (Å²) < 4.78 is 6.63. The molecule has 6 heteroatoms. The van der Waals surface area contributed by atoms with Crippen LogP contribution in [0.25, 0.3) is 62.9 Å². The predicted molar refractivity (Wildman–Crippen MR) is 214 cm³/mol. The Hall–Kier alpha value is -3.19. The summed E-state index contributed by atoms with van der Waals surface area (Å²) in [5, 5.41) is 5.38. The Morgan fingerprint density at radius 3 is 2.10 bits per heavy atom. The molecule has 0 N–H and O–H groups in total. The quantitative estimate of drug-likeness (QED) is 0.127. The summed E-state index contributed by atoms with van der Waals surface area (Å²) in [5.74, 6) is 8.13. The molecule has 0 unspecified atom stereocenters. The number of pyridine rings is 2. The second-order valence-corrected chi connectivity index (χ2v) is 26.9. The minimum absolute atomic E-state index is 0. The van der Waals surface area contributed by atoms with Crippen LogP contribution in [0.3, 0.4) is 0 Å². The van der Waals surface area contributed by atoms with Crippen molar-refractivity contribution in [3.8, 4) is 22.5 Å². The molecule has 4 heterocycles. The molecule has 0 saturated heterocycles. The van der Waals surface area contributed by atoms with E-state index in [1.54, 1.807) is 0 Å². The van der Waals surface area contributed by atoms with E-state index in [1.165, 1.54) is 55.9 Å². The number of aromatic nitrogens is 2. The van der Waals surface area contributed by atoms with Crippen molar-refractivity contribution in [3.63, 3.8) is 0 Å². The van der Waals surface area contributed by atoms with Crippen molar-refractivity contribution in [1.29, 1.82) is 0 Å². The van der Waals surface area contributed by atoms with Gasteiger partial charge in [-0.1, -0.05) is 80.4 Å². The van der Waals surface area contributed by atoms with Crippen LogP contribution in [0.5, 0.6) is 0 Å². The molecule has 1 radical (unpaired) electrons. The zero-order valence-corrected chi connectivity index (χ0v) is 35.1. The van der Waals surface area contributed by atoms with Crippen molar-refractivity contribution in [2.24, 2.45) is 0 Å². The van der Waals surface area contributed by atoms with Gasteiger partial charge >= 0.3 is 99.8 Å². The average molecular weight is 914 g/mol. The molecule has 4 aromatic heterocycles. The largest absolute Gasteiger partial charge is 0 e. The molecule has 8 aromatic rings. The van der Waals surface area contributed by atoms with Crippen LogP contribution in [-0.4, -0.2) is 23.2 Å². The second kappa shape index (κ2) is 14.6. The predicted octanol–water partition coefficient (Wildman–Crippen LogP) is 12.6. The molecule has 0 amide bonds. The number of rotatable bonds is 5. The fraction of sp³-hybridized carbons (Fsp3) is 0.209. The van der Waals surface area contributed by atoms with Crippen LogP contribution in [0, 0.1) is 12.1 Å². The van der Waals surface area contributed by atoms with E-state index >= 15 is 0 Å². The summed E-state index contributed by atoms with van der Waals surface area (Å²) >= 11 is 2.01. The number of fused-ring (bicyclic) bond motifs is 7. The van der Waals surface area contributed by atoms with Gasteiger partial charge in [0.1, 0.15) is 0 Å². The smallest absolute Gasteiger partial charge is 0 e. The fourth-order valence-electron chi connectivity index (χ4n) is 6.12. The summed E-state index contributed by atoms with van der Waals surface area (Å²) in [5.41, 5.74) is 6.94. The summed E-state index contributed by atoms with van der Waals surface area (Å²) in [7, 11) is 0. The molecule has 0 aliphatic carbocycles. The Bertz CT molecular complexity index is 2380. The number of benzene rings is 4. The molecule has 249 valence electrons. The van der Waals surface area contributed by atoms with E-state index in [0.29, 0.717) is 11.8 Å². The number of nitrogens with zero attached hydrogens (tertiary/aromatic N) is 2. The van der Waals surface area contributed by atoms with Gasteiger partial charge in [-0.3, -0.25) is 0 Å². The van der Waals surface area contributed by atoms with Gasteiger partial charge in [0.25, 0.3) is 0 Å². The summed E-state index contributed by atoms with van der Waals surface area (Å²) in [4.78, 5) is 9.33. The molecule has 2 nitrogen and oxygen atoms in total. The van der Waals surface area contributed by atoms with Crippen LogP contribution >= 0.6 is 22.7 Å². The molecule has 0 atom stereocenters. The molecule has 0 aliphatic heterocycles. The van der Waals surface area contributed by atoms with E-state index in [1.807, 2.05) is 59.3 Å². The van der Waals surface area contributed by atoms with Crippen LogP contribution in [-0.2, 0) is 20.1 Å². The first-order valence-corrected chi connectivity index (χ1v) is 25.7. The van der Waals surface area contributed by atoms with Crippen LogP contribution in [0.15, 0.2) is 103 Å². The standard InChI is InChI=1S/C29H24NS2.C14H16GeN.Ir/c1-16(2)18-9-10-21-25(14-18)32-29-22(23-13-19(17(3)4)11-12-30-23)15-26-27(28(21)29)20-7-5-6-8-24(20)31-26;1-15(2,3)13-9-10-14(16-11-13)12-7-5-4-6-8-12;/h5-14,16-17H,1-4H3;4-7,9-11H,1-3H3;/q2*-1;. The zero-order valence-electron chi connectivity index (χ0n) is 29.0. The molecule has 0 spiro atoms. The second-order valence-electron chi connectivity index (χ2n) is 14.1. The van der Waals surface area contributed by atoms with Crippen LogP contribution in [0.2, 0.25) is 17.3 Å². The molecular weight excluding hydrogens is 873 g/mol. The first-order valence-electron chi connectivity index (χ1n) is 16.7. The number of hydrogen-bond acceptors (Lipinski definition) is 4. The van der Waals surface area contributed by atoms with E-state index in [9.17, 15) is 0 Å². The SMILES string of the molecule is CC(C)c1ccnc(-c2[c-]c3sc4ccccc4c3c3c2sc2cc(C(C)C)ccc23)c1.[CH3][Ge]([CH3])([CH3])[c]1ccc(-c2[c-]cccc2)nc1.[Ir]. The van der Waals surface area contributed by atoms with Crippen LogP contribution < -0.4 is 4.40 Å². The molecular formula is C43H40GeIrN2S2-2. The number of thiophene rings is 2. The Morgan fingerprint density at radius 1 is 0.673 bits per heavy atom. The van der Waals surface area contributed by atoms with Gasteiger partial charge < -0.3 is 4.98 Å². The van der Waals surface area contributed by atoms with E-state index in [-0.39, 0.29) is 20.1 Å². The van der Waals surface area contributed by atoms with Gasteiger partial charge in [-0.15, -0.1) is 11.6 Å². The normalized spacial score (nSPS) is 11.8. The Morgan fingerprint density at radius 2 is 1.41 bits per heavy atom. The third-order valence-corrected chi connectivity index (χ3v) is 15.5. The first kappa shape index (κ1) is 35.6. The molecule has 8 rings (SSSR count). The van der Waals surface area contributed by atoms with Crippen LogP contribution in [0.1, 0.15) is 50.7 Å². The minimum Gasteiger partial charge on any atom is 0 e. The van der Waals surface area contributed by atoms with E-state index < -0.39 is 13.3 Å². The van der Waals surface area contributed by atoms with Gasteiger partial charge in [-0.05, 0) is 61.5 Å². The van der Waals surface area contributed by atoms with Crippen LogP contribution in [0.4, 0.5) is 0 Å². The molecule has 0 saturated carbocycles. The van der Waals surface area contributed by atoms with Gasteiger partial charge in [-0.25, -0.2) is 0 Å². The maximum atomic E-state index is 4.80. The van der Waals surface area contributed by atoms with Gasteiger partial charge in [0.2, 0.25) is 0 Å². The topological polar surface area (TPSA) is 25.8 Å². The Labute approximate surface area is 314 Å². The molecule has 4 aromatic carbocycles. The van der Waals surface area contributed by atoms with Gasteiger partial charge in [0.05, 0.1) is 0 Å². The Balaban J connectivity index is 0.000000208. The first-order chi connectivity index (χ1) is 23.1. The third-order valence-electron chi connectivity index (χ3n) is 9.01. The molecule has 0 fully saturated rings. The molecule has 49 heavy (non-hydrogen) atoms. The summed E-state index contributed by atoms with van der Waals surface area (Å²) in [6, 6.07) is 39.4. The monoisotopic (exact) mass is 915 g/mol. The summed E-state index contributed by atoms with van der Waals surface area (Å²) in [6.07, 6.45) is 3.99. The summed E-state index contributed by atoms with van der Waals surface area (Å²) in [6.45, 7) is 9.00. The van der Waals surface area contributed by atoms with Crippen molar-refractivity contribution in [3.05, 3.63) is 127 Å². The van der Waals surface area contributed by atoms with Crippen molar-refractivity contribution in [2.75, 3.05) is 0 Å². The maximum Gasteiger partial charge on any atom is 0 e. The average Bonchev–Trinajstić information content (AvgIpc) is 3.66. The van der Waals surface area contributed by atoms with E-state index in [2.05, 4.69) is 129 Å².